The summed E-state index contributed by atoms with van der Waals surface area (Å²) in [5, 5.41) is 0. The van der Waals surface area contributed by atoms with Crippen LogP contribution in [-0.4, -0.2) is 18.0 Å². The maximum absolute atomic E-state index is 2.58. The minimum Gasteiger partial charge on any atom is -0.375 e. The fourth-order valence-corrected chi connectivity index (χ4v) is 1.99. The third-order valence-corrected chi connectivity index (χ3v) is 2.74. The first kappa shape index (κ1) is 10.6. The predicted octanol–water partition coefficient (Wildman–Crippen LogP) is 3.57. The Morgan fingerprint density at radius 2 is 1.92 bits per heavy atom. The van der Waals surface area contributed by atoms with Gasteiger partial charge in [-0.25, -0.2) is 0 Å². The average Bonchev–Trinajstić information content (AvgIpc) is 2.65. The summed E-state index contributed by atoms with van der Waals surface area (Å²) in [6.45, 7) is 7.11. The van der Waals surface area contributed by atoms with Crippen LogP contribution in [0.4, 0.5) is 0 Å². The summed E-state index contributed by atoms with van der Waals surface area (Å²) in [5.41, 5.74) is 1.61. The Bertz CT molecular complexity index is 155. The highest BCUT2D eigenvalue weighted by molar-refractivity contribution is 5.02. The summed E-state index contributed by atoms with van der Waals surface area (Å²) >= 11 is 0. The number of hydrogen-bond acceptors (Lipinski definition) is 1. The highest BCUT2D eigenvalue weighted by atomic mass is 15.1. The molecular weight excluding hydrogens is 158 g/mol. The second kappa shape index (κ2) is 6.06. The van der Waals surface area contributed by atoms with Gasteiger partial charge in [0.25, 0.3) is 0 Å². The Morgan fingerprint density at radius 1 is 1.23 bits per heavy atom. The third kappa shape index (κ3) is 3.41. The zero-order valence-electron chi connectivity index (χ0n) is 9.18. The Kier molecular flexibility index (Phi) is 4.95. The van der Waals surface area contributed by atoms with Gasteiger partial charge in [-0.05, 0) is 32.1 Å². The van der Waals surface area contributed by atoms with Crippen LogP contribution in [0.25, 0.3) is 0 Å². The molecule has 0 amide bonds. The number of likely N-dealkylation sites (tertiary alicyclic amines) is 1. The van der Waals surface area contributed by atoms with Gasteiger partial charge in [-0.1, -0.05) is 26.3 Å². The maximum atomic E-state index is 2.58. The van der Waals surface area contributed by atoms with Gasteiger partial charge in [-0.3, -0.25) is 0 Å². The fraction of sp³-hybridized carbons (Fsp3) is 0.833. The summed E-state index contributed by atoms with van der Waals surface area (Å²) in [7, 11) is 0. The molecule has 1 heterocycles. The molecule has 0 aromatic rings. The lowest BCUT2D eigenvalue weighted by Crippen LogP contribution is -2.18. The quantitative estimate of drug-likeness (QED) is 0.627. The van der Waals surface area contributed by atoms with E-state index < -0.39 is 0 Å². The number of allylic oxidation sites excluding steroid dienone is 2. The Hall–Kier alpha value is -0.460. The van der Waals surface area contributed by atoms with Crippen LogP contribution in [0.1, 0.15) is 52.4 Å². The molecule has 0 bridgehead atoms. The summed E-state index contributed by atoms with van der Waals surface area (Å²) < 4.78 is 0. The molecule has 0 radical (unpaired) electrons. The van der Waals surface area contributed by atoms with E-state index in [4.69, 9.17) is 0 Å². The SMILES string of the molecule is CC/C=C(\CCCC)N1CCCC1. The molecule has 13 heavy (non-hydrogen) atoms. The van der Waals surface area contributed by atoms with Gasteiger partial charge in [0.15, 0.2) is 0 Å². The lowest BCUT2D eigenvalue weighted by molar-refractivity contribution is 0.402. The average molecular weight is 181 g/mol. The molecule has 0 aliphatic carbocycles. The van der Waals surface area contributed by atoms with Gasteiger partial charge in [-0.2, -0.15) is 0 Å². The van der Waals surface area contributed by atoms with Gasteiger partial charge in [0.1, 0.15) is 0 Å². The van der Waals surface area contributed by atoms with Crippen molar-refractivity contribution in [3.8, 4) is 0 Å². The van der Waals surface area contributed by atoms with Crippen molar-refractivity contribution in [1.29, 1.82) is 0 Å². The monoisotopic (exact) mass is 181 g/mol. The van der Waals surface area contributed by atoms with E-state index in [9.17, 15) is 0 Å². The molecule has 1 aliphatic heterocycles. The molecule has 0 spiro atoms. The highest BCUT2D eigenvalue weighted by Crippen LogP contribution is 2.19. The Morgan fingerprint density at radius 3 is 2.46 bits per heavy atom. The largest absolute Gasteiger partial charge is 0.375 e. The Labute approximate surface area is 82.8 Å². The molecule has 1 fully saturated rings. The van der Waals surface area contributed by atoms with Crippen LogP contribution in [0.15, 0.2) is 11.8 Å². The number of nitrogens with zero attached hydrogens (tertiary/aromatic N) is 1. The van der Waals surface area contributed by atoms with E-state index >= 15 is 0 Å². The molecule has 0 unspecified atom stereocenters. The first-order chi connectivity index (χ1) is 6.38. The molecule has 0 atom stereocenters. The van der Waals surface area contributed by atoms with E-state index in [1.807, 2.05) is 0 Å². The second-order valence-electron chi connectivity index (χ2n) is 3.90. The summed E-state index contributed by atoms with van der Waals surface area (Å²) in [6.07, 6.45) is 10.4. The lowest BCUT2D eigenvalue weighted by Gasteiger charge is -2.21. The van der Waals surface area contributed by atoms with Crippen molar-refractivity contribution in [3.63, 3.8) is 0 Å². The highest BCUT2D eigenvalue weighted by Gasteiger charge is 2.13. The Balaban J connectivity index is 2.40. The zero-order valence-corrected chi connectivity index (χ0v) is 9.18. The van der Waals surface area contributed by atoms with Gasteiger partial charge >= 0.3 is 0 Å². The molecule has 0 saturated carbocycles. The second-order valence-corrected chi connectivity index (χ2v) is 3.90. The van der Waals surface area contributed by atoms with Crippen LogP contribution in [0.3, 0.4) is 0 Å². The zero-order chi connectivity index (χ0) is 9.52. The number of rotatable bonds is 5. The lowest BCUT2D eigenvalue weighted by atomic mass is 10.1. The molecule has 0 N–H and O–H groups in total. The van der Waals surface area contributed by atoms with E-state index in [1.165, 1.54) is 51.6 Å². The molecular formula is C12H23N. The van der Waals surface area contributed by atoms with E-state index in [-0.39, 0.29) is 0 Å². The molecule has 1 rings (SSSR count). The van der Waals surface area contributed by atoms with Gasteiger partial charge < -0.3 is 4.90 Å². The minimum absolute atomic E-state index is 1.19. The van der Waals surface area contributed by atoms with Gasteiger partial charge in [0, 0.05) is 18.8 Å². The first-order valence-electron chi connectivity index (χ1n) is 5.82. The standard InChI is InChI=1S/C12H23N/c1-3-5-9-12(8-4-2)13-10-6-7-11-13/h8H,3-7,9-11H2,1-2H3/b12-8+. The molecule has 0 aromatic carbocycles. The number of unbranched alkanes of at least 4 members (excludes halogenated alkanes) is 1. The van der Waals surface area contributed by atoms with Crippen molar-refractivity contribution < 1.29 is 0 Å². The fourth-order valence-electron chi connectivity index (χ4n) is 1.99. The van der Waals surface area contributed by atoms with Crippen LogP contribution >= 0.6 is 0 Å². The van der Waals surface area contributed by atoms with E-state index in [0.29, 0.717) is 0 Å². The number of hydrogen-bond donors (Lipinski definition) is 0. The van der Waals surface area contributed by atoms with Crippen LogP contribution in [-0.2, 0) is 0 Å². The normalized spacial score (nSPS) is 18.3. The van der Waals surface area contributed by atoms with Crippen molar-refractivity contribution in [2.75, 3.05) is 13.1 Å². The van der Waals surface area contributed by atoms with E-state index in [0.717, 1.165) is 0 Å². The first-order valence-corrected chi connectivity index (χ1v) is 5.82. The minimum atomic E-state index is 1.19. The summed E-state index contributed by atoms with van der Waals surface area (Å²) in [4.78, 5) is 2.58. The molecule has 76 valence electrons. The smallest absolute Gasteiger partial charge is 0.0175 e. The van der Waals surface area contributed by atoms with E-state index in [2.05, 4.69) is 24.8 Å². The van der Waals surface area contributed by atoms with Crippen molar-refractivity contribution in [2.24, 2.45) is 0 Å². The third-order valence-electron chi connectivity index (χ3n) is 2.74. The van der Waals surface area contributed by atoms with Crippen LogP contribution in [0, 0.1) is 0 Å². The van der Waals surface area contributed by atoms with Gasteiger partial charge in [0.2, 0.25) is 0 Å². The summed E-state index contributed by atoms with van der Waals surface area (Å²) in [6, 6.07) is 0. The molecule has 1 heteroatoms. The van der Waals surface area contributed by atoms with Crippen LogP contribution < -0.4 is 0 Å². The van der Waals surface area contributed by atoms with E-state index in [1.54, 1.807) is 5.70 Å². The van der Waals surface area contributed by atoms with Crippen molar-refractivity contribution in [1.82, 2.24) is 4.90 Å². The van der Waals surface area contributed by atoms with Crippen molar-refractivity contribution in [2.45, 2.75) is 52.4 Å². The predicted molar refractivity (Wildman–Crippen MR) is 58.7 cm³/mol. The molecule has 1 saturated heterocycles. The van der Waals surface area contributed by atoms with Crippen LogP contribution in [0.5, 0.6) is 0 Å². The topological polar surface area (TPSA) is 3.24 Å². The van der Waals surface area contributed by atoms with Gasteiger partial charge in [-0.15, -0.1) is 0 Å². The maximum Gasteiger partial charge on any atom is 0.0175 e. The molecule has 1 aliphatic rings. The van der Waals surface area contributed by atoms with Crippen molar-refractivity contribution >= 4 is 0 Å². The van der Waals surface area contributed by atoms with Crippen molar-refractivity contribution in [3.05, 3.63) is 11.8 Å². The van der Waals surface area contributed by atoms with Gasteiger partial charge in [0.05, 0.1) is 0 Å². The molecule has 1 nitrogen and oxygen atoms in total. The van der Waals surface area contributed by atoms with Crippen LogP contribution in [0.2, 0.25) is 0 Å². The molecule has 0 aromatic heterocycles. The summed E-state index contributed by atoms with van der Waals surface area (Å²) in [5.74, 6) is 0.